The van der Waals surface area contributed by atoms with Crippen LogP contribution in [-0.2, 0) is 10.0 Å². The van der Waals surface area contributed by atoms with Crippen LogP contribution in [0.15, 0.2) is 53.4 Å². The Hall–Kier alpha value is -3.92. The normalized spacial score (nSPS) is 11.3. The van der Waals surface area contributed by atoms with Gasteiger partial charge in [-0.1, -0.05) is 12.2 Å². The van der Waals surface area contributed by atoms with Crippen LogP contribution < -0.4 is 29.4 Å². The molecule has 3 aromatic carbocycles. The lowest BCUT2D eigenvalue weighted by Crippen LogP contribution is -2.15. The monoisotopic (exact) mass is 488 g/mol. The number of nitrogens with one attached hydrogen (secondary N) is 1. The molecular formula is C24H25FN2O6S. The predicted molar refractivity (Wildman–Crippen MR) is 130 cm³/mol. The molecule has 0 saturated carbocycles. The molecule has 0 spiro atoms. The fourth-order valence-electron chi connectivity index (χ4n) is 3.20. The van der Waals surface area contributed by atoms with Gasteiger partial charge in [-0.05, 0) is 54.1 Å². The van der Waals surface area contributed by atoms with Crippen LogP contribution in [0.3, 0.4) is 0 Å². The third-order valence-corrected chi connectivity index (χ3v) is 6.29. The Morgan fingerprint density at radius 3 is 1.94 bits per heavy atom. The molecule has 0 unspecified atom stereocenters. The first kappa shape index (κ1) is 24.7. The number of rotatable bonds is 9. The molecule has 10 heteroatoms. The number of halogens is 1. The summed E-state index contributed by atoms with van der Waals surface area (Å²) in [5.41, 5.74) is 6.70. The molecule has 0 amide bonds. The average Bonchev–Trinajstić information content (AvgIpc) is 2.83. The maximum absolute atomic E-state index is 15.1. The second-order valence-corrected chi connectivity index (χ2v) is 8.69. The molecule has 0 saturated heterocycles. The minimum Gasteiger partial charge on any atom is -0.494 e. The predicted octanol–water partition coefficient (Wildman–Crippen LogP) is 4.41. The molecule has 34 heavy (non-hydrogen) atoms. The Bertz CT molecular complexity index is 1280. The molecular weight excluding hydrogens is 463 g/mol. The summed E-state index contributed by atoms with van der Waals surface area (Å²) in [6.07, 6.45) is 3.22. The first-order valence-corrected chi connectivity index (χ1v) is 11.4. The molecule has 8 nitrogen and oxygen atoms in total. The molecule has 0 heterocycles. The summed E-state index contributed by atoms with van der Waals surface area (Å²) < 4.78 is 64.3. The molecule has 0 bridgehead atoms. The van der Waals surface area contributed by atoms with Gasteiger partial charge in [0.1, 0.15) is 0 Å². The van der Waals surface area contributed by atoms with Gasteiger partial charge in [-0.15, -0.1) is 0 Å². The number of methoxy groups -OCH3 is 4. The summed E-state index contributed by atoms with van der Waals surface area (Å²) in [4.78, 5) is -0.0662. The number of sulfonamides is 1. The van der Waals surface area contributed by atoms with Gasteiger partial charge in [0.25, 0.3) is 10.0 Å². The zero-order valence-corrected chi connectivity index (χ0v) is 19.9. The molecule has 0 aliphatic rings. The quantitative estimate of drug-likeness (QED) is 0.339. The van der Waals surface area contributed by atoms with Crippen LogP contribution in [0.2, 0.25) is 0 Å². The summed E-state index contributed by atoms with van der Waals surface area (Å²) >= 11 is 0. The fourth-order valence-corrected chi connectivity index (χ4v) is 4.28. The van der Waals surface area contributed by atoms with Gasteiger partial charge in [-0.3, -0.25) is 4.72 Å². The highest BCUT2D eigenvalue weighted by Crippen LogP contribution is 2.39. The van der Waals surface area contributed by atoms with Crippen LogP contribution in [-0.4, -0.2) is 36.9 Å². The van der Waals surface area contributed by atoms with Crippen molar-refractivity contribution in [2.75, 3.05) is 38.9 Å². The topological polar surface area (TPSA) is 109 Å². The smallest absolute Gasteiger partial charge is 0.262 e. The summed E-state index contributed by atoms with van der Waals surface area (Å²) in [5.74, 6) is 0.335. The van der Waals surface area contributed by atoms with Crippen LogP contribution in [0.25, 0.3) is 12.2 Å². The number of nitrogens with two attached hydrogens (primary N) is 1. The third kappa shape index (κ3) is 5.18. The van der Waals surface area contributed by atoms with E-state index in [4.69, 9.17) is 24.7 Å². The highest BCUT2D eigenvalue weighted by molar-refractivity contribution is 7.92. The van der Waals surface area contributed by atoms with Crippen molar-refractivity contribution in [1.29, 1.82) is 0 Å². The molecule has 3 N–H and O–H groups in total. The van der Waals surface area contributed by atoms with E-state index in [1.54, 1.807) is 24.3 Å². The van der Waals surface area contributed by atoms with E-state index in [1.165, 1.54) is 64.8 Å². The SMILES string of the molecule is COc1ccc(C=Cc2cc(OC)c(OC)c(OC)c2)c(NS(=O)(=O)c2ccc(N)cc2)c1F. The van der Waals surface area contributed by atoms with Gasteiger partial charge >= 0.3 is 0 Å². The number of hydrogen-bond acceptors (Lipinski definition) is 7. The van der Waals surface area contributed by atoms with Gasteiger partial charge < -0.3 is 24.7 Å². The fraction of sp³-hybridized carbons (Fsp3) is 0.167. The molecule has 180 valence electrons. The molecule has 3 aromatic rings. The Morgan fingerprint density at radius 1 is 0.824 bits per heavy atom. The molecule has 0 aliphatic heterocycles. The van der Waals surface area contributed by atoms with E-state index in [9.17, 15) is 8.42 Å². The van der Waals surface area contributed by atoms with Crippen LogP contribution in [0.5, 0.6) is 23.0 Å². The molecule has 0 radical (unpaired) electrons. The number of ether oxygens (including phenoxy) is 4. The number of hydrogen-bond donors (Lipinski definition) is 2. The highest BCUT2D eigenvalue weighted by Gasteiger charge is 2.21. The summed E-state index contributed by atoms with van der Waals surface area (Å²) in [6.45, 7) is 0. The van der Waals surface area contributed by atoms with Crippen molar-refractivity contribution in [3.8, 4) is 23.0 Å². The molecule has 3 rings (SSSR count). The van der Waals surface area contributed by atoms with Crippen molar-refractivity contribution in [2.45, 2.75) is 4.90 Å². The molecule has 0 aromatic heterocycles. The van der Waals surface area contributed by atoms with Gasteiger partial charge in [0.15, 0.2) is 23.1 Å². The van der Waals surface area contributed by atoms with Gasteiger partial charge in [0.2, 0.25) is 5.75 Å². The van der Waals surface area contributed by atoms with Crippen LogP contribution >= 0.6 is 0 Å². The summed E-state index contributed by atoms with van der Waals surface area (Å²) in [7, 11) is 1.67. The minimum absolute atomic E-state index is 0.0662. The zero-order chi connectivity index (χ0) is 24.9. The third-order valence-electron chi connectivity index (χ3n) is 4.93. The number of nitrogen functional groups attached to an aromatic ring is 1. The Labute approximate surface area is 197 Å². The standard InChI is InChI=1S/C24H25FN2O6S/c1-30-19-12-7-16(6-5-15-13-20(31-2)24(33-4)21(14-15)32-3)23(22(19)25)27-34(28,29)18-10-8-17(26)9-11-18/h5-14,27H,26H2,1-4H3. The second-order valence-electron chi connectivity index (χ2n) is 7.01. The number of benzene rings is 3. The van der Waals surface area contributed by atoms with Crippen molar-refractivity contribution >= 4 is 33.6 Å². The number of anilines is 2. The summed E-state index contributed by atoms with van der Waals surface area (Å²) in [5, 5.41) is 0. The Kier molecular flexibility index (Phi) is 7.52. The maximum Gasteiger partial charge on any atom is 0.262 e. The van der Waals surface area contributed by atoms with Crippen LogP contribution in [0.1, 0.15) is 11.1 Å². The van der Waals surface area contributed by atoms with Crippen molar-refractivity contribution in [3.63, 3.8) is 0 Å². The van der Waals surface area contributed by atoms with Crippen molar-refractivity contribution < 1.29 is 31.8 Å². The second kappa shape index (κ2) is 10.3. The lowest BCUT2D eigenvalue weighted by Gasteiger charge is -2.15. The van der Waals surface area contributed by atoms with Gasteiger partial charge in [0.05, 0.1) is 39.0 Å². The van der Waals surface area contributed by atoms with Gasteiger partial charge in [-0.2, -0.15) is 0 Å². The lowest BCUT2D eigenvalue weighted by molar-refractivity contribution is 0.324. The van der Waals surface area contributed by atoms with Crippen molar-refractivity contribution in [1.82, 2.24) is 0 Å². The molecule has 0 aliphatic carbocycles. The first-order chi connectivity index (χ1) is 16.2. The van der Waals surface area contributed by atoms with Crippen molar-refractivity contribution in [3.05, 3.63) is 65.5 Å². The van der Waals surface area contributed by atoms with Gasteiger partial charge in [-0.25, -0.2) is 12.8 Å². The van der Waals surface area contributed by atoms with E-state index in [0.29, 0.717) is 28.5 Å². The maximum atomic E-state index is 15.1. The van der Waals surface area contributed by atoms with E-state index >= 15 is 4.39 Å². The van der Waals surface area contributed by atoms with Gasteiger partial charge in [0, 0.05) is 11.3 Å². The van der Waals surface area contributed by atoms with E-state index in [-0.39, 0.29) is 21.9 Å². The first-order valence-electron chi connectivity index (χ1n) is 9.97. The average molecular weight is 489 g/mol. The summed E-state index contributed by atoms with van der Waals surface area (Å²) in [6, 6.07) is 11.9. The minimum atomic E-state index is -4.10. The van der Waals surface area contributed by atoms with Crippen LogP contribution in [0, 0.1) is 5.82 Å². The molecule has 0 fully saturated rings. The van der Waals surface area contributed by atoms with E-state index in [1.807, 2.05) is 0 Å². The largest absolute Gasteiger partial charge is 0.494 e. The molecule has 0 atom stereocenters. The Morgan fingerprint density at radius 2 is 1.41 bits per heavy atom. The van der Waals surface area contributed by atoms with E-state index in [2.05, 4.69) is 4.72 Å². The van der Waals surface area contributed by atoms with Crippen LogP contribution in [0.4, 0.5) is 15.8 Å². The lowest BCUT2D eigenvalue weighted by atomic mass is 10.1. The van der Waals surface area contributed by atoms with E-state index in [0.717, 1.165) is 0 Å². The van der Waals surface area contributed by atoms with Crippen molar-refractivity contribution in [2.24, 2.45) is 0 Å². The highest BCUT2D eigenvalue weighted by atomic mass is 32.2. The van der Waals surface area contributed by atoms with E-state index < -0.39 is 15.8 Å². The Balaban J connectivity index is 2.05. The zero-order valence-electron chi connectivity index (χ0n) is 19.1.